The van der Waals surface area contributed by atoms with E-state index in [2.05, 4.69) is 18.6 Å². The van der Waals surface area contributed by atoms with Crippen LogP contribution in [0.1, 0.15) is 34.1 Å². The molecule has 0 aromatic rings. The molecule has 0 saturated heterocycles. The van der Waals surface area contributed by atoms with Crippen LogP contribution < -0.4 is 0 Å². The number of hydrogen-bond acceptors (Lipinski definition) is 4. The van der Waals surface area contributed by atoms with Gasteiger partial charge in [0.15, 0.2) is 0 Å². The molecule has 0 aliphatic carbocycles. The number of esters is 1. The summed E-state index contributed by atoms with van der Waals surface area (Å²) >= 11 is 0. The Labute approximate surface area is 109 Å². The lowest BCUT2D eigenvalue weighted by molar-refractivity contribution is -0.148. The van der Waals surface area contributed by atoms with Crippen LogP contribution in [0.3, 0.4) is 0 Å². The third-order valence-electron chi connectivity index (χ3n) is 2.38. The largest absolute Gasteiger partial charge is 0.468 e. The molecule has 1 amide bonds. The van der Waals surface area contributed by atoms with Crippen molar-refractivity contribution in [2.45, 2.75) is 40.2 Å². The van der Waals surface area contributed by atoms with E-state index in [0.717, 1.165) is 0 Å². The maximum absolute atomic E-state index is 11.9. The van der Waals surface area contributed by atoms with Gasteiger partial charge in [-0.3, -0.25) is 9.59 Å². The molecule has 0 bridgehead atoms. The Morgan fingerprint density at radius 1 is 1.17 bits per heavy atom. The van der Waals surface area contributed by atoms with E-state index < -0.39 is 5.97 Å². The van der Waals surface area contributed by atoms with Crippen LogP contribution in [0.2, 0.25) is 0 Å². The number of carbonyl (C=O) groups excluding carboxylic acids is 2. The molecule has 0 heterocycles. The molecule has 0 unspecified atom stereocenters. The zero-order valence-corrected chi connectivity index (χ0v) is 12.1. The lowest BCUT2D eigenvalue weighted by Crippen LogP contribution is -2.41. The zero-order chi connectivity index (χ0) is 14.1. The standard InChI is InChI=1S/C13H25NO4/c1-10(2)9-18-7-6-12(15)14(11(3)4)8-13(16)17-5/h10-11H,6-9H2,1-5H3. The number of hydrogen-bond donors (Lipinski definition) is 0. The van der Waals surface area contributed by atoms with Gasteiger partial charge in [-0.05, 0) is 19.8 Å². The summed E-state index contributed by atoms with van der Waals surface area (Å²) in [4.78, 5) is 24.6. The molecule has 5 heteroatoms. The Morgan fingerprint density at radius 2 is 1.78 bits per heavy atom. The number of methoxy groups -OCH3 is 1. The predicted octanol–water partition coefficient (Wildman–Crippen LogP) is 1.46. The van der Waals surface area contributed by atoms with Gasteiger partial charge in [-0.1, -0.05) is 13.8 Å². The average Bonchev–Trinajstić information content (AvgIpc) is 2.30. The smallest absolute Gasteiger partial charge is 0.325 e. The van der Waals surface area contributed by atoms with Crippen LogP contribution in [0, 0.1) is 5.92 Å². The minimum absolute atomic E-state index is 0.00280. The number of amides is 1. The molecule has 0 N–H and O–H groups in total. The quantitative estimate of drug-likeness (QED) is 0.489. The van der Waals surface area contributed by atoms with Gasteiger partial charge >= 0.3 is 5.97 Å². The fourth-order valence-electron chi connectivity index (χ4n) is 1.38. The Hall–Kier alpha value is -1.10. The van der Waals surface area contributed by atoms with Gasteiger partial charge in [0, 0.05) is 12.6 Å². The van der Waals surface area contributed by atoms with Gasteiger partial charge in [0.2, 0.25) is 5.91 Å². The maximum Gasteiger partial charge on any atom is 0.325 e. The first-order valence-electron chi connectivity index (χ1n) is 6.32. The van der Waals surface area contributed by atoms with Crippen LogP contribution in [0.15, 0.2) is 0 Å². The molecule has 0 aliphatic rings. The fraction of sp³-hybridized carbons (Fsp3) is 0.846. The molecule has 0 fully saturated rings. The van der Waals surface area contributed by atoms with Crippen molar-refractivity contribution < 1.29 is 19.1 Å². The first-order valence-corrected chi connectivity index (χ1v) is 6.32. The van der Waals surface area contributed by atoms with Crippen molar-refractivity contribution in [3.63, 3.8) is 0 Å². The monoisotopic (exact) mass is 259 g/mol. The van der Waals surface area contributed by atoms with E-state index in [9.17, 15) is 9.59 Å². The molecular formula is C13H25NO4. The van der Waals surface area contributed by atoms with Gasteiger partial charge in [0.05, 0.1) is 20.1 Å². The van der Waals surface area contributed by atoms with Crippen molar-refractivity contribution in [1.82, 2.24) is 4.90 Å². The van der Waals surface area contributed by atoms with Gasteiger partial charge in [-0.15, -0.1) is 0 Å². The Balaban J connectivity index is 4.11. The number of ether oxygens (including phenoxy) is 2. The molecule has 0 aromatic heterocycles. The third kappa shape index (κ3) is 7.27. The summed E-state index contributed by atoms with van der Waals surface area (Å²) in [5.41, 5.74) is 0. The molecular weight excluding hydrogens is 234 g/mol. The van der Waals surface area contributed by atoms with E-state index in [0.29, 0.717) is 25.6 Å². The van der Waals surface area contributed by atoms with Crippen molar-refractivity contribution in [2.75, 3.05) is 26.9 Å². The minimum atomic E-state index is -0.403. The van der Waals surface area contributed by atoms with E-state index >= 15 is 0 Å². The van der Waals surface area contributed by atoms with Crippen LogP contribution in [0.5, 0.6) is 0 Å². The highest BCUT2D eigenvalue weighted by Crippen LogP contribution is 2.03. The van der Waals surface area contributed by atoms with E-state index in [-0.39, 0.29) is 18.5 Å². The summed E-state index contributed by atoms with van der Waals surface area (Å²) in [7, 11) is 1.32. The van der Waals surface area contributed by atoms with Crippen molar-refractivity contribution >= 4 is 11.9 Å². The Kier molecular flexibility index (Phi) is 8.37. The average molecular weight is 259 g/mol. The highest BCUT2D eigenvalue weighted by molar-refractivity contribution is 5.82. The van der Waals surface area contributed by atoms with E-state index in [1.54, 1.807) is 0 Å². The van der Waals surface area contributed by atoms with Gasteiger partial charge < -0.3 is 14.4 Å². The van der Waals surface area contributed by atoms with Crippen molar-refractivity contribution in [3.05, 3.63) is 0 Å². The van der Waals surface area contributed by atoms with Crippen molar-refractivity contribution in [2.24, 2.45) is 5.92 Å². The van der Waals surface area contributed by atoms with Crippen LogP contribution in [-0.2, 0) is 19.1 Å². The van der Waals surface area contributed by atoms with E-state index in [4.69, 9.17) is 4.74 Å². The van der Waals surface area contributed by atoms with Gasteiger partial charge in [0.1, 0.15) is 6.54 Å². The number of rotatable bonds is 8. The van der Waals surface area contributed by atoms with Crippen LogP contribution >= 0.6 is 0 Å². The summed E-state index contributed by atoms with van der Waals surface area (Å²) < 4.78 is 9.94. The maximum atomic E-state index is 11.9. The second-order valence-electron chi connectivity index (χ2n) is 4.91. The lowest BCUT2D eigenvalue weighted by Gasteiger charge is -2.25. The molecule has 5 nitrogen and oxygen atoms in total. The summed E-state index contributed by atoms with van der Waals surface area (Å²) in [6.07, 6.45) is 0.294. The normalized spacial score (nSPS) is 10.8. The Bertz CT molecular complexity index is 264. The molecule has 0 saturated carbocycles. The van der Waals surface area contributed by atoms with Gasteiger partial charge in [-0.2, -0.15) is 0 Å². The summed E-state index contributed by atoms with van der Waals surface area (Å²) in [6, 6.07) is -0.0262. The third-order valence-corrected chi connectivity index (χ3v) is 2.38. The first-order chi connectivity index (χ1) is 8.38. The molecule has 18 heavy (non-hydrogen) atoms. The second-order valence-corrected chi connectivity index (χ2v) is 4.91. The summed E-state index contributed by atoms with van der Waals surface area (Å²) in [6.45, 7) is 8.88. The topological polar surface area (TPSA) is 55.8 Å². The number of nitrogens with zero attached hydrogens (tertiary/aromatic N) is 1. The lowest BCUT2D eigenvalue weighted by atomic mass is 10.2. The van der Waals surface area contributed by atoms with Crippen LogP contribution in [0.4, 0.5) is 0 Å². The predicted molar refractivity (Wildman–Crippen MR) is 69.1 cm³/mol. The highest BCUT2D eigenvalue weighted by Gasteiger charge is 2.20. The fourth-order valence-corrected chi connectivity index (χ4v) is 1.38. The first kappa shape index (κ1) is 16.9. The van der Waals surface area contributed by atoms with Crippen molar-refractivity contribution in [3.8, 4) is 0 Å². The number of carbonyl (C=O) groups is 2. The van der Waals surface area contributed by atoms with Crippen LogP contribution in [0.25, 0.3) is 0 Å². The molecule has 0 rings (SSSR count). The molecule has 0 aromatic carbocycles. The van der Waals surface area contributed by atoms with Crippen LogP contribution in [-0.4, -0.2) is 49.7 Å². The molecule has 0 aliphatic heterocycles. The minimum Gasteiger partial charge on any atom is -0.468 e. The highest BCUT2D eigenvalue weighted by atomic mass is 16.5. The van der Waals surface area contributed by atoms with Gasteiger partial charge in [-0.25, -0.2) is 0 Å². The summed E-state index contributed by atoms with van der Waals surface area (Å²) in [5.74, 6) is -0.0318. The molecule has 0 atom stereocenters. The second kappa shape index (κ2) is 8.91. The zero-order valence-electron chi connectivity index (χ0n) is 12.1. The van der Waals surface area contributed by atoms with Crippen molar-refractivity contribution in [1.29, 1.82) is 0 Å². The Morgan fingerprint density at radius 3 is 2.22 bits per heavy atom. The SMILES string of the molecule is COC(=O)CN(C(=O)CCOCC(C)C)C(C)C. The summed E-state index contributed by atoms with van der Waals surface area (Å²) in [5, 5.41) is 0. The molecule has 106 valence electrons. The van der Waals surface area contributed by atoms with E-state index in [1.165, 1.54) is 12.0 Å². The van der Waals surface area contributed by atoms with E-state index in [1.807, 2.05) is 13.8 Å². The van der Waals surface area contributed by atoms with Gasteiger partial charge in [0.25, 0.3) is 0 Å². The molecule has 0 radical (unpaired) electrons. The molecule has 0 spiro atoms.